The van der Waals surface area contributed by atoms with Crippen molar-refractivity contribution in [3.8, 4) is 0 Å². The molecule has 0 fully saturated rings. The van der Waals surface area contributed by atoms with Crippen LogP contribution in [0.3, 0.4) is 0 Å². The van der Waals surface area contributed by atoms with Crippen LogP contribution in [0.1, 0.15) is 17.3 Å². The van der Waals surface area contributed by atoms with Crippen LogP contribution in [0.2, 0.25) is 0 Å². The summed E-state index contributed by atoms with van der Waals surface area (Å²) in [5, 5.41) is 2.43. The third-order valence-electron chi connectivity index (χ3n) is 2.44. The van der Waals surface area contributed by atoms with Gasteiger partial charge < -0.3 is 10.2 Å². The van der Waals surface area contributed by atoms with Crippen molar-refractivity contribution in [2.45, 2.75) is 6.92 Å². The van der Waals surface area contributed by atoms with Crippen molar-refractivity contribution >= 4 is 27.7 Å². The molecule has 1 aromatic rings. The Balaban J connectivity index is 2.93. The van der Waals surface area contributed by atoms with E-state index in [0.717, 1.165) is 0 Å². The lowest BCUT2D eigenvalue weighted by atomic mass is 10.2. The Morgan fingerprint density at radius 3 is 2.61 bits per heavy atom. The number of nitrogens with zero attached hydrogens (tertiary/aromatic N) is 1. The summed E-state index contributed by atoms with van der Waals surface area (Å²) in [7, 11) is 1.49. The molecule has 0 unspecified atom stereocenters. The second-order valence-electron chi connectivity index (χ2n) is 3.62. The van der Waals surface area contributed by atoms with Crippen LogP contribution in [0.25, 0.3) is 0 Å². The molecule has 98 valence electrons. The number of rotatable bonds is 4. The summed E-state index contributed by atoms with van der Waals surface area (Å²) in [5.41, 5.74) is -0.0380. The van der Waals surface area contributed by atoms with E-state index in [1.807, 2.05) is 0 Å². The summed E-state index contributed by atoms with van der Waals surface area (Å²) in [5.74, 6) is -1.39. The summed E-state index contributed by atoms with van der Waals surface area (Å²) in [6.07, 6.45) is 0. The fraction of sp³-hybridized carbons (Fsp3) is 0.333. The molecule has 0 saturated carbocycles. The molecule has 0 radical (unpaired) electrons. The molecule has 0 heterocycles. The first kappa shape index (κ1) is 14.6. The summed E-state index contributed by atoms with van der Waals surface area (Å²) in [6, 6.07) is 4.21. The number of carbonyl (C=O) groups excluding carboxylic acids is 2. The van der Waals surface area contributed by atoms with Crippen molar-refractivity contribution < 1.29 is 14.0 Å². The van der Waals surface area contributed by atoms with Crippen LogP contribution < -0.4 is 5.32 Å². The molecule has 0 aromatic heterocycles. The molecule has 1 aromatic carbocycles. The molecule has 0 saturated heterocycles. The second-order valence-corrected chi connectivity index (χ2v) is 4.53. The topological polar surface area (TPSA) is 49.4 Å². The molecule has 0 spiro atoms. The zero-order valence-corrected chi connectivity index (χ0v) is 11.8. The number of hydrogen-bond donors (Lipinski definition) is 1. The Labute approximate surface area is 113 Å². The molecule has 0 aliphatic carbocycles. The molecule has 0 aliphatic heterocycles. The number of amides is 2. The van der Waals surface area contributed by atoms with Crippen LogP contribution in [-0.4, -0.2) is 36.9 Å². The maximum atomic E-state index is 13.6. The van der Waals surface area contributed by atoms with Gasteiger partial charge in [-0.1, -0.05) is 15.9 Å². The van der Waals surface area contributed by atoms with Gasteiger partial charge in [-0.25, -0.2) is 4.39 Å². The zero-order valence-electron chi connectivity index (χ0n) is 10.2. The Morgan fingerprint density at radius 2 is 2.11 bits per heavy atom. The minimum absolute atomic E-state index is 0.0380. The maximum Gasteiger partial charge on any atom is 0.257 e. The minimum atomic E-state index is -0.607. The van der Waals surface area contributed by atoms with E-state index in [2.05, 4.69) is 21.2 Å². The second kappa shape index (κ2) is 6.49. The fourth-order valence-corrected chi connectivity index (χ4v) is 1.75. The molecule has 1 N–H and O–H groups in total. The maximum absolute atomic E-state index is 13.6. The predicted molar refractivity (Wildman–Crippen MR) is 69.7 cm³/mol. The lowest BCUT2D eigenvalue weighted by molar-refractivity contribution is -0.121. The van der Waals surface area contributed by atoms with Crippen molar-refractivity contribution in [1.82, 2.24) is 10.2 Å². The molecule has 1 rings (SSSR count). The van der Waals surface area contributed by atoms with Gasteiger partial charge in [0.1, 0.15) is 5.82 Å². The quantitative estimate of drug-likeness (QED) is 0.920. The smallest absolute Gasteiger partial charge is 0.257 e. The van der Waals surface area contributed by atoms with Crippen LogP contribution in [0, 0.1) is 5.82 Å². The fourth-order valence-electron chi connectivity index (χ4n) is 1.41. The highest BCUT2D eigenvalue weighted by Gasteiger charge is 2.19. The Kier molecular flexibility index (Phi) is 5.27. The average Bonchev–Trinajstić information content (AvgIpc) is 2.34. The largest absolute Gasteiger partial charge is 0.358 e. The van der Waals surface area contributed by atoms with E-state index in [1.165, 1.54) is 24.1 Å². The highest BCUT2D eigenvalue weighted by Crippen LogP contribution is 2.16. The van der Waals surface area contributed by atoms with Gasteiger partial charge in [-0.15, -0.1) is 0 Å². The van der Waals surface area contributed by atoms with E-state index in [0.29, 0.717) is 11.0 Å². The van der Waals surface area contributed by atoms with Gasteiger partial charge in [0.05, 0.1) is 12.1 Å². The van der Waals surface area contributed by atoms with Crippen molar-refractivity contribution in [3.63, 3.8) is 0 Å². The lowest BCUT2D eigenvalue weighted by Crippen LogP contribution is -2.39. The lowest BCUT2D eigenvalue weighted by Gasteiger charge is -2.20. The normalized spacial score (nSPS) is 10.0. The Bertz CT molecular complexity index is 465. The first-order valence-corrected chi connectivity index (χ1v) is 6.23. The summed E-state index contributed by atoms with van der Waals surface area (Å²) < 4.78 is 14.2. The number of halogens is 2. The van der Waals surface area contributed by atoms with Gasteiger partial charge in [0.25, 0.3) is 5.91 Å². The molecule has 18 heavy (non-hydrogen) atoms. The van der Waals surface area contributed by atoms with Crippen molar-refractivity contribution in [3.05, 3.63) is 34.1 Å². The van der Waals surface area contributed by atoms with Crippen LogP contribution >= 0.6 is 15.9 Å². The molecular formula is C12H14BrFN2O2. The highest BCUT2D eigenvalue weighted by atomic mass is 79.9. The van der Waals surface area contributed by atoms with Gasteiger partial charge in [-0.05, 0) is 25.1 Å². The summed E-state index contributed by atoms with van der Waals surface area (Å²) in [6.45, 7) is 1.99. The minimum Gasteiger partial charge on any atom is -0.358 e. The third-order valence-corrected chi connectivity index (χ3v) is 2.94. The zero-order chi connectivity index (χ0) is 13.7. The number of carbonyl (C=O) groups is 2. The molecular weight excluding hydrogens is 303 g/mol. The Morgan fingerprint density at radius 1 is 1.44 bits per heavy atom. The van der Waals surface area contributed by atoms with Crippen LogP contribution in [0.4, 0.5) is 4.39 Å². The van der Waals surface area contributed by atoms with Gasteiger partial charge in [-0.2, -0.15) is 0 Å². The number of benzene rings is 1. The van der Waals surface area contributed by atoms with E-state index >= 15 is 0 Å². The molecule has 0 aliphatic rings. The van der Waals surface area contributed by atoms with Crippen LogP contribution in [0.5, 0.6) is 0 Å². The predicted octanol–water partition coefficient (Wildman–Crippen LogP) is 1.80. The molecule has 0 bridgehead atoms. The van der Waals surface area contributed by atoms with Crippen molar-refractivity contribution in [1.29, 1.82) is 0 Å². The van der Waals surface area contributed by atoms with Crippen molar-refractivity contribution in [2.24, 2.45) is 0 Å². The molecule has 0 atom stereocenters. The molecule has 4 nitrogen and oxygen atoms in total. The van der Waals surface area contributed by atoms with E-state index in [9.17, 15) is 14.0 Å². The van der Waals surface area contributed by atoms with E-state index in [-0.39, 0.29) is 18.0 Å². The SMILES string of the molecule is CCN(CC(=O)NC)C(=O)c1ccc(Br)cc1F. The molecule has 6 heteroatoms. The number of hydrogen-bond acceptors (Lipinski definition) is 2. The van der Waals surface area contributed by atoms with E-state index in [4.69, 9.17) is 0 Å². The van der Waals surface area contributed by atoms with E-state index in [1.54, 1.807) is 13.0 Å². The molecule has 2 amide bonds. The highest BCUT2D eigenvalue weighted by molar-refractivity contribution is 9.10. The first-order chi connectivity index (χ1) is 8.49. The third kappa shape index (κ3) is 3.53. The number of likely N-dealkylation sites (N-methyl/N-ethyl adjacent to an activating group) is 2. The van der Waals surface area contributed by atoms with E-state index < -0.39 is 11.7 Å². The standard InChI is InChI=1S/C12H14BrFN2O2/c1-3-16(7-11(17)15-2)12(18)9-5-4-8(13)6-10(9)14/h4-6H,3,7H2,1-2H3,(H,15,17). The monoisotopic (exact) mass is 316 g/mol. The van der Waals surface area contributed by atoms with Gasteiger partial charge in [-0.3, -0.25) is 9.59 Å². The van der Waals surface area contributed by atoms with Gasteiger partial charge in [0.15, 0.2) is 0 Å². The van der Waals surface area contributed by atoms with Crippen LogP contribution in [-0.2, 0) is 4.79 Å². The number of nitrogens with one attached hydrogen (secondary N) is 1. The van der Waals surface area contributed by atoms with Gasteiger partial charge in [0, 0.05) is 18.1 Å². The van der Waals surface area contributed by atoms with Crippen LogP contribution in [0.15, 0.2) is 22.7 Å². The van der Waals surface area contributed by atoms with Crippen molar-refractivity contribution in [2.75, 3.05) is 20.1 Å². The van der Waals surface area contributed by atoms with Gasteiger partial charge in [0.2, 0.25) is 5.91 Å². The average molecular weight is 317 g/mol. The first-order valence-electron chi connectivity index (χ1n) is 5.44. The summed E-state index contributed by atoms with van der Waals surface area (Å²) in [4.78, 5) is 24.6. The Hall–Kier alpha value is -1.43. The summed E-state index contributed by atoms with van der Waals surface area (Å²) >= 11 is 3.12. The van der Waals surface area contributed by atoms with Gasteiger partial charge >= 0.3 is 0 Å².